The molecule has 3 aromatic carbocycles. The SMILES string of the molecule is Cc1ccc(S(=O)(=O)N[C@H](Cc2ccccc2)C(=O)Nc2cc(Cl)ccc2Cl)cc1. The standard InChI is InChI=1S/C22H20Cl2N2O3S/c1-15-7-10-18(11-8-15)30(28,29)26-21(13-16-5-3-2-4-6-16)22(27)25-20-14-17(23)9-12-19(20)24/h2-12,14,21,26H,13H2,1H3,(H,25,27)/t21-/m1/s1. The van der Waals surface area contributed by atoms with Crippen molar-refractivity contribution in [3.8, 4) is 0 Å². The van der Waals surface area contributed by atoms with Crippen LogP contribution < -0.4 is 10.0 Å². The second-order valence-electron chi connectivity index (χ2n) is 6.79. The molecular weight excluding hydrogens is 443 g/mol. The smallest absolute Gasteiger partial charge is 0.242 e. The van der Waals surface area contributed by atoms with Crippen molar-refractivity contribution >= 4 is 44.8 Å². The van der Waals surface area contributed by atoms with Gasteiger partial charge in [0, 0.05) is 5.02 Å². The molecule has 0 bridgehead atoms. The molecule has 8 heteroatoms. The first kappa shape index (κ1) is 22.3. The van der Waals surface area contributed by atoms with Crippen molar-refractivity contribution < 1.29 is 13.2 Å². The topological polar surface area (TPSA) is 75.3 Å². The maximum atomic E-state index is 13.0. The van der Waals surface area contributed by atoms with Crippen molar-refractivity contribution in [1.29, 1.82) is 0 Å². The fourth-order valence-electron chi connectivity index (χ4n) is 2.82. The summed E-state index contributed by atoms with van der Waals surface area (Å²) in [5.41, 5.74) is 2.05. The number of halogens is 2. The van der Waals surface area contributed by atoms with E-state index in [1.807, 2.05) is 37.3 Å². The molecular formula is C22H20Cl2N2O3S. The molecule has 0 aromatic heterocycles. The lowest BCUT2D eigenvalue weighted by Gasteiger charge is -2.19. The van der Waals surface area contributed by atoms with Crippen LogP contribution in [0.25, 0.3) is 0 Å². The molecule has 0 aliphatic carbocycles. The molecule has 0 heterocycles. The number of hydrogen-bond donors (Lipinski definition) is 2. The highest BCUT2D eigenvalue weighted by molar-refractivity contribution is 7.89. The molecule has 0 radical (unpaired) electrons. The van der Waals surface area contributed by atoms with Crippen LogP contribution in [0.5, 0.6) is 0 Å². The second kappa shape index (κ2) is 9.62. The number of anilines is 1. The van der Waals surface area contributed by atoms with E-state index in [1.54, 1.807) is 24.3 Å². The van der Waals surface area contributed by atoms with Gasteiger partial charge in [-0.1, -0.05) is 71.2 Å². The molecule has 3 rings (SSSR count). The van der Waals surface area contributed by atoms with Crippen molar-refractivity contribution in [2.75, 3.05) is 5.32 Å². The lowest BCUT2D eigenvalue weighted by molar-refractivity contribution is -0.117. The molecule has 2 N–H and O–H groups in total. The molecule has 1 atom stereocenters. The van der Waals surface area contributed by atoms with Crippen LogP contribution in [0.4, 0.5) is 5.69 Å². The first-order chi connectivity index (χ1) is 14.2. The summed E-state index contributed by atoms with van der Waals surface area (Å²) in [6.45, 7) is 1.87. The van der Waals surface area contributed by atoms with Gasteiger partial charge in [-0.15, -0.1) is 0 Å². The van der Waals surface area contributed by atoms with Crippen molar-refractivity contribution in [2.45, 2.75) is 24.3 Å². The predicted molar refractivity (Wildman–Crippen MR) is 121 cm³/mol. The summed E-state index contributed by atoms with van der Waals surface area (Å²) in [6.07, 6.45) is 0.163. The molecule has 3 aromatic rings. The molecule has 0 unspecified atom stereocenters. The first-order valence-electron chi connectivity index (χ1n) is 9.13. The van der Waals surface area contributed by atoms with Gasteiger partial charge in [0.15, 0.2) is 0 Å². The number of benzene rings is 3. The molecule has 30 heavy (non-hydrogen) atoms. The Morgan fingerprint density at radius 2 is 1.63 bits per heavy atom. The van der Waals surface area contributed by atoms with Gasteiger partial charge in [-0.2, -0.15) is 4.72 Å². The summed E-state index contributed by atoms with van der Waals surface area (Å²) < 4.78 is 28.3. The van der Waals surface area contributed by atoms with Crippen LogP contribution in [0.3, 0.4) is 0 Å². The van der Waals surface area contributed by atoms with Gasteiger partial charge >= 0.3 is 0 Å². The number of carbonyl (C=O) groups is 1. The highest BCUT2D eigenvalue weighted by Gasteiger charge is 2.26. The molecule has 0 saturated heterocycles. The largest absolute Gasteiger partial charge is 0.323 e. The predicted octanol–water partition coefficient (Wildman–Crippen LogP) is 4.83. The Bertz CT molecular complexity index is 1130. The number of hydrogen-bond acceptors (Lipinski definition) is 3. The van der Waals surface area contributed by atoms with E-state index >= 15 is 0 Å². The first-order valence-corrected chi connectivity index (χ1v) is 11.4. The van der Waals surface area contributed by atoms with Crippen LogP contribution in [0.1, 0.15) is 11.1 Å². The van der Waals surface area contributed by atoms with E-state index in [9.17, 15) is 13.2 Å². The molecule has 0 spiro atoms. The summed E-state index contributed by atoms with van der Waals surface area (Å²) in [5, 5.41) is 3.37. The van der Waals surface area contributed by atoms with Gasteiger partial charge in [-0.05, 0) is 49.2 Å². The van der Waals surface area contributed by atoms with Crippen LogP contribution in [-0.4, -0.2) is 20.4 Å². The average molecular weight is 463 g/mol. The van der Waals surface area contributed by atoms with Crippen LogP contribution in [0.15, 0.2) is 77.7 Å². The van der Waals surface area contributed by atoms with Gasteiger partial charge in [0.2, 0.25) is 15.9 Å². The van der Waals surface area contributed by atoms with E-state index in [4.69, 9.17) is 23.2 Å². The number of nitrogens with one attached hydrogen (secondary N) is 2. The monoisotopic (exact) mass is 462 g/mol. The third kappa shape index (κ3) is 5.83. The fraction of sp³-hybridized carbons (Fsp3) is 0.136. The minimum Gasteiger partial charge on any atom is -0.323 e. The van der Waals surface area contributed by atoms with Gasteiger partial charge in [-0.3, -0.25) is 4.79 Å². The Hall–Kier alpha value is -2.38. The number of aryl methyl sites for hydroxylation is 1. The summed E-state index contributed by atoms with van der Waals surface area (Å²) in [5.74, 6) is -0.543. The quantitative estimate of drug-likeness (QED) is 0.527. The van der Waals surface area contributed by atoms with E-state index in [0.717, 1.165) is 11.1 Å². The van der Waals surface area contributed by atoms with Gasteiger partial charge < -0.3 is 5.32 Å². The summed E-state index contributed by atoms with van der Waals surface area (Å²) in [7, 11) is -3.92. The normalized spacial score (nSPS) is 12.4. The Kier molecular flexibility index (Phi) is 7.15. The van der Waals surface area contributed by atoms with E-state index in [2.05, 4.69) is 10.0 Å². The number of amides is 1. The van der Waals surface area contributed by atoms with Crippen LogP contribution in [0, 0.1) is 6.92 Å². The lowest BCUT2D eigenvalue weighted by atomic mass is 10.1. The van der Waals surface area contributed by atoms with E-state index in [0.29, 0.717) is 15.7 Å². The van der Waals surface area contributed by atoms with Crippen LogP contribution >= 0.6 is 23.2 Å². The van der Waals surface area contributed by atoms with Crippen LogP contribution in [0.2, 0.25) is 10.0 Å². The van der Waals surface area contributed by atoms with E-state index in [-0.39, 0.29) is 11.3 Å². The van der Waals surface area contributed by atoms with Crippen molar-refractivity contribution in [3.63, 3.8) is 0 Å². The van der Waals surface area contributed by atoms with Gasteiger partial charge in [0.1, 0.15) is 6.04 Å². The van der Waals surface area contributed by atoms with Gasteiger partial charge in [0.25, 0.3) is 0 Å². The Labute approximate surface area is 186 Å². The maximum Gasteiger partial charge on any atom is 0.242 e. The molecule has 0 aliphatic rings. The Morgan fingerprint density at radius 1 is 0.967 bits per heavy atom. The van der Waals surface area contributed by atoms with E-state index < -0.39 is 22.0 Å². The molecule has 156 valence electrons. The fourth-order valence-corrected chi connectivity index (χ4v) is 4.36. The molecule has 1 amide bonds. The highest BCUT2D eigenvalue weighted by Crippen LogP contribution is 2.26. The zero-order chi connectivity index (χ0) is 21.7. The van der Waals surface area contributed by atoms with E-state index in [1.165, 1.54) is 18.2 Å². The highest BCUT2D eigenvalue weighted by atomic mass is 35.5. The third-order valence-corrected chi connectivity index (χ3v) is 6.47. The maximum absolute atomic E-state index is 13.0. The van der Waals surface area contributed by atoms with Crippen molar-refractivity contribution in [1.82, 2.24) is 4.72 Å². The summed E-state index contributed by atoms with van der Waals surface area (Å²) in [4.78, 5) is 13.1. The molecule has 0 fully saturated rings. The second-order valence-corrected chi connectivity index (χ2v) is 9.35. The summed E-state index contributed by atoms with van der Waals surface area (Å²) in [6, 6.07) is 19.2. The minimum absolute atomic E-state index is 0.0831. The Morgan fingerprint density at radius 3 is 2.30 bits per heavy atom. The summed E-state index contributed by atoms with van der Waals surface area (Å²) >= 11 is 12.1. The van der Waals surface area contributed by atoms with Crippen molar-refractivity contribution in [2.24, 2.45) is 0 Å². The number of sulfonamides is 1. The van der Waals surface area contributed by atoms with Crippen molar-refractivity contribution in [3.05, 3.63) is 94.0 Å². The van der Waals surface area contributed by atoms with Crippen LogP contribution in [-0.2, 0) is 21.2 Å². The lowest BCUT2D eigenvalue weighted by Crippen LogP contribution is -2.45. The number of carbonyl (C=O) groups excluding carboxylic acids is 1. The molecule has 0 saturated carbocycles. The Balaban J connectivity index is 1.88. The minimum atomic E-state index is -3.92. The molecule has 5 nitrogen and oxygen atoms in total. The zero-order valence-corrected chi connectivity index (χ0v) is 18.4. The zero-order valence-electron chi connectivity index (χ0n) is 16.1. The van der Waals surface area contributed by atoms with Gasteiger partial charge in [0.05, 0.1) is 15.6 Å². The molecule has 0 aliphatic heterocycles. The third-order valence-electron chi connectivity index (χ3n) is 4.41. The average Bonchev–Trinajstić information content (AvgIpc) is 2.71. The number of rotatable bonds is 7. The van der Waals surface area contributed by atoms with Gasteiger partial charge in [-0.25, -0.2) is 8.42 Å².